The molecule has 1 aromatic heterocycles. The van der Waals surface area contributed by atoms with E-state index in [1.54, 1.807) is 0 Å². The van der Waals surface area contributed by atoms with Crippen LogP contribution in [0.15, 0.2) is 30.5 Å². The Bertz CT molecular complexity index is 564. The summed E-state index contributed by atoms with van der Waals surface area (Å²) in [6.07, 6.45) is 4.72. The summed E-state index contributed by atoms with van der Waals surface area (Å²) in [6, 6.07) is 8.77. The lowest BCUT2D eigenvalue weighted by atomic mass is 10.0. The van der Waals surface area contributed by atoms with Crippen LogP contribution in [0.3, 0.4) is 0 Å². The van der Waals surface area contributed by atoms with Crippen LogP contribution in [0.1, 0.15) is 32.3 Å². The highest BCUT2D eigenvalue weighted by Crippen LogP contribution is 2.16. The van der Waals surface area contributed by atoms with Crippen LogP contribution in [0.25, 0.3) is 10.9 Å². The second-order valence-corrected chi connectivity index (χ2v) is 6.62. The number of hydrogen-bond donors (Lipinski definition) is 2. The van der Waals surface area contributed by atoms with Gasteiger partial charge in [0.05, 0.1) is 0 Å². The molecule has 2 aromatic rings. The van der Waals surface area contributed by atoms with Crippen molar-refractivity contribution < 1.29 is 0 Å². The molecule has 0 radical (unpaired) electrons. The van der Waals surface area contributed by atoms with E-state index in [1.165, 1.54) is 42.4 Å². The topological polar surface area (TPSA) is 31.1 Å². The summed E-state index contributed by atoms with van der Waals surface area (Å²) < 4.78 is 0. The van der Waals surface area contributed by atoms with Gasteiger partial charge in [-0.1, -0.05) is 6.07 Å². The minimum absolute atomic E-state index is 0.164. The molecule has 0 aliphatic carbocycles. The standard InChI is InChI=1S/C17H25N3/c1-17(2,13-20-9-3-4-10-20)19-12-14-5-6-16-15(11-14)7-8-18-16/h5-8,11,18-19H,3-4,9-10,12-13H2,1-2H3. The molecular formula is C17H25N3. The Kier molecular flexibility index (Phi) is 3.81. The Morgan fingerprint density at radius 2 is 2.00 bits per heavy atom. The second-order valence-electron chi connectivity index (χ2n) is 6.62. The molecule has 20 heavy (non-hydrogen) atoms. The lowest BCUT2D eigenvalue weighted by molar-refractivity contribution is 0.234. The fourth-order valence-corrected chi connectivity index (χ4v) is 3.11. The van der Waals surface area contributed by atoms with E-state index in [1.807, 2.05) is 6.20 Å². The van der Waals surface area contributed by atoms with Crippen LogP contribution < -0.4 is 5.32 Å². The predicted molar refractivity (Wildman–Crippen MR) is 84.9 cm³/mol. The van der Waals surface area contributed by atoms with Gasteiger partial charge in [-0.3, -0.25) is 0 Å². The maximum atomic E-state index is 3.71. The van der Waals surface area contributed by atoms with Crippen molar-refractivity contribution in [2.75, 3.05) is 19.6 Å². The maximum absolute atomic E-state index is 3.71. The molecule has 1 aromatic carbocycles. The van der Waals surface area contributed by atoms with Crippen molar-refractivity contribution in [3.8, 4) is 0 Å². The highest BCUT2D eigenvalue weighted by Gasteiger charge is 2.22. The van der Waals surface area contributed by atoms with Gasteiger partial charge in [0.1, 0.15) is 0 Å². The first kappa shape index (κ1) is 13.7. The molecule has 1 aliphatic rings. The lowest BCUT2D eigenvalue weighted by Gasteiger charge is -2.31. The SMILES string of the molecule is CC(C)(CN1CCCC1)NCc1ccc2[nH]ccc2c1. The van der Waals surface area contributed by atoms with Crippen LogP contribution >= 0.6 is 0 Å². The number of rotatable bonds is 5. The maximum Gasteiger partial charge on any atom is 0.0454 e. The van der Waals surface area contributed by atoms with Crippen molar-refractivity contribution in [1.82, 2.24) is 15.2 Å². The van der Waals surface area contributed by atoms with E-state index in [0.29, 0.717) is 0 Å². The molecule has 0 bridgehead atoms. The average Bonchev–Trinajstić information content (AvgIpc) is 3.06. The molecule has 0 spiro atoms. The first-order chi connectivity index (χ1) is 9.62. The van der Waals surface area contributed by atoms with E-state index >= 15 is 0 Å². The molecule has 1 fully saturated rings. The van der Waals surface area contributed by atoms with E-state index in [0.717, 1.165) is 13.1 Å². The monoisotopic (exact) mass is 271 g/mol. The number of fused-ring (bicyclic) bond motifs is 1. The van der Waals surface area contributed by atoms with Crippen LogP contribution in [0.2, 0.25) is 0 Å². The van der Waals surface area contributed by atoms with Crippen LogP contribution in [0.5, 0.6) is 0 Å². The van der Waals surface area contributed by atoms with Crippen molar-refractivity contribution >= 4 is 10.9 Å². The van der Waals surface area contributed by atoms with Crippen molar-refractivity contribution in [3.05, 3.63) is 36.0 Å². The Labute approximate surface area is 121 Å². The van der Waals surface area contributed by atoms with E-state index in [2.05, 4.69) is 53.3 Å². The van der Waals surface area contributed by atoms with Crippen LogP contribution in [0, 0.1) is 0 Å². The first-order valence-electron chi connectivity index (χ1n) is 7.66. The van der Waals surface area contributed by atoms with E-state index in [-0.39, 0.29) is 5.54 Å². The van der Waals surface area contributed by atoms with E-state index in [4.69, 9.17) is 0 Å². The number of hydrogen-bond acceptors (Lipinski definition) is 2. The summed E-state index contributed by atoms with van der Waals surface area (Å²) in [4.78, 5) is 5.81. The molecule has 2 heterocycles. The summed E-state index contributed by atoms with van der Waals surface area (Å²) in [6.45, 7) is 9.21. The van der Waals surface area contributed by atoms with Gasteiger partial charge < -0.3 is 15.2 Å². The Morgan fingerprint density at radius 1 is 1.20 bits per heavy atom. The minimum Gasteiger partial charge on any atom is -0.361 e. The van der Waals surface area contributed by atoms with Gasteiger partial charge in [-0.15, -0.1) is 0 Å². The van der Waals surface area contributed by atoms with Crippen molar-refractivity contribution in [2.24, 2.45) is 0 Å². The molecule has 3 rings (SSSR count). The largest absolute Gasteiger partial charge is 0.361 e. The Balaban J connectivity index is 1.59. The van der Waals surface area contributed by atoms with Gasteiger partial charge >= 0.3 is 0 Å². The predicted octanol–water partition coefficient (Wildman–Crippen LogP) is 3.13. The third-order valence-corrected chi connectivity index (χ3v) is 4.21. The molecule has 1 aliphatic heterocycles. The summed E-state index contributed by atoms with van der Waals surface area (Å²) in [5, 5.41) is 5.00. The number of likely N-dealkylation sites (tertiary alicyclic amines) is 1. The second kappa shape index (κ2) is 5.58. The number of H-pyrrole nitrogens is 1. The minimum atomic E-state index is 0.164. The molecule has 0 atom stereocenters. The fourth-order valence-electron chi connectivity index (χ4n) is 3.11. The van der Waals surface area contributed by atoms with Gasteiger partial charge in [-0.2, -0.15) is 0 Å². The summed E-state index contributed by atoms with van der Waals surface area (Å²) in [7, 11) is 0. The zero-order chi connectivity index (χ0) is 14.0. The van der Waals surface area contributed by atoms with Crippen LogP contribution in [0.4, 0.5) is 0 Å². The molecule has 1 saturated heterocycles. The van der Waals surface area contributed by atoms with E-state index < -0.39 is 0 Å². The van der Waals surface area contributed by atoms with E-state index in [9.17, 15) is 0 Å². The summed E-state index contributed by atoms with van der Waals surface area (Å²) >= 11 is 0. The van der Waals surface area contributed by atoms with Crippen LogP contribution in [-0.4, -0.2) is 35.1 Å². The number of nitrogens with zero attached hydrogens (tertiary/aromatic N) is 1. The van der Waals surface area contributed by atoms with Gasteiger partial charge in [0.15, 0.2) is 0 Å². The van der Waals surface area contributed by atoms with Crippen molar-refractivity contribution in [3.63, 3.8) is 0 Å². The molecule has 3 heteroatoms. The van der Waals surface area contributed by atoms with Gasteiger partial charge in [0.2, 0.25) is 0 Å². The fraction of sp³-hybridized carbons (Fsp3) is 0.529. The average molecular weight is 271 g/mol. The number of nitrogens with one attached hydrogen (secondary N) is 2. The molecule has 0 unspecified atom stereocenters. The zero-order valence-electron chi connectivity index (χ0n) is 12.6. The van der Waals surface area contributed by atoms with Gasteiger partial charge in [0, 0.05) is 30.3 Å². The van der Waals surface area contributed by atoms with Crippen molar-refractivity contribution in [2.45, 2.75) is 38.8 Å². The smallest absolute Gasteiger partial charge is 0.0454 e. The van der Waals surface area contributed by atoms with Crippen LogP contribution in [-0.2, 0) is 6.54 Å². The van der Waals surface area contributed by atoms with Crippen molar-refractivity contribution in [1.29, 1.82) is 0 Å². The summed E-state index contributed by atoms with van der Waals surface area (Å²) in [5.41, 5.74) is 2.73. The molecular weight excluding hydrogens is 246 g/mol. The number of aromatic amines is 1. The molecule has 2 N–H and O–H groups in total. The van der Waals surface area contributed by atoms with Gasteiger partial charge in [-0.05, 0) is 68.9 Å². The molecule has 108 valence electrons. The zero-order valence-corrected chi connectivity index (χ0v) is 12.6. The third-order valence-electron chi connectivity index (χ3n) is 4.21. The Morgan fingerprint density at radius 3 is 2.80 bits per heavy atom. The number of benzene rings is 1. The third kappa shape index (κ3) is 3.22. The highest BCUT2D eigenvalue weighted by molar-refractivity contribution is 5.79. The lowest BCUT2D eigenvalue weighted by Crippen LogP contribution is -2.48. The summed E-state index contributed by atoms with van der Waals surface area (Å²) in [5.74, 6) is 0. The van der Waals surface area contributed by atoms with Gasteiger partial charge in [-0.25, -0.2) is 0 Å². The quantitative estimate of drug-likeness (QED) is 0.875. The number of aromatic nitrogens is 1. The molecule has 0 saturated carbocycles. The normalized spacial score (nSPS) is 17.1. The Hall–Kier alpha value is -1.32. The highest BCUT2D eigenvalue weighted by atomic mass is 15.2. The molecule has 3 nitrogen and oxygen atoms in total. The first-order valence-corrected chi connectivity index (χ1v) is 7.66. The molecule has 0 amide bonds. The van der Waals surface area contributed by atoms with Gasteiger partial charge in [0.25, 0.3) is 0 Å².